The maximum atomic E-state index is 12.6. The quantitative estimate of drug-likeness (QED) is 0.833. The first-order chi connectivity index (χ1) is 13.1. The highest BCUT2D eigenvalue weighted by Gasteiger charge is 2.19. The lowest BCUT2D eigenvalue weighted by atomic mass is 10.1. The number of rotatable bonds is 5. The lowest BCUT2D eigenvalue weighted by Crippen LogP contribution is -2.24. The third kappa shape index (κ3) is 4.39. The number of carboxylic acid groups (broad SMARTS) is 1. The van der Waals surface area contributed by atoms with Crippen molar-refractivity contribution in [3.63, 3.8) is 0 Å². The van der Waals surface area contributed by atoms with Crippen LogP contribution in [0.2, 0.25) is 0 Å². The first kappa shape index (κ1) is 18.8. The summed E-state index contributed by atoms with van der Waals surface area (Å²) in [4.78, 5) is 26.6. The van der Waals surface area contributed by atoms with Gasteiger partial charge in [0.2, 0.25) is 0 Å². The Morgan fingerprint density at radius 1 is 1.00 bits per heavy atom. The third-order valence-corrected chi connectivity index (χ3v) is 4.80. The van der Waals surface area contributed by atoms with Crippen LogP contribution in [0.5, 0.6) is 5.75 Å². The van der Waals surface area contributed by atoms with Gasteiger partial charge in [0, 0.05) is 18.8 Å². The monoisotopic (exact) mass is 368 g/mol. The summed E-state index contributed by atoms with van der Waals surface area (Å²) in [5.41, 5.74) is 1.59. The molecule has 2 aromatic carbocycles. The summed E-state index contributed by atoms with van der Waals surface area (Å²) in [6, 6.07) is 12.0. The molecule has 1 aliphatic rings. The number of benzene rings is 2. The van der Waals surface area contributed by atoms with Gasteiger partial charge in [-0.3, -0.25) is 4.79 Å². The van der Waals surface area contributed by atoms with Crippen molar-refractivity contribution in [1.82, 2.24) is 0 Å². The van der Waals surface area contributed by atoms with E-state index in [1.54, 1.807) is 36.4 Å². The Morgan fingerprint density at radius 2 is 1.70 bits per heavy atom. The van der Waals surface area contributed by atoms with E-state index in [-0.39, 0.29) is 11.3 Å². The summed E-state index contributed by atoms with van der Waals surface area (Å²) >= 11 is 0. The van der Waals surface area contributed by atoms with E-state index in [0.29, 0.717) is 11.3 Å². The van der Waals surface area contributed by atoms with E-state index < -0.39 is 11.9 Å². The molecule has 1 amide bonds. The number of carboxylic acids is 1. The molecular weight excluding hydrogens is 344 g/mol. The van der Waals surface area contributed by atoms with Crippen molar-refractivity contribution >= 4 is 23.3 Å². The number of carbonyl (C=O) groups is 2. The molecule has 6 heteroatoms. The normalized spacial score (nSPS) is 14.3. The van der Waals surface area contributed by atoms with Crippen molar-refractivity contribution in [1.29, 1.82) is 0 Å². The molecule has 1 aliphatic heterocycles. The van der Waals surface area contributed by atoms with Crippen LogP contribution >= 0.6 is 0 Å². The second-order valence-corrected chi connectivity index (χ2v) is 6.59. The second kappa shape index (κ2) is 8.58. The van der Waals surface area contributed by atoms with E-state index in [9.17, 15) is 14.7 Å². The molecule has 2 N–H and O–H groups in total. The lowest BCUT2D eigenvalue weighted by molar-refractivity contribution is 0.0698. The van der Waals surface area contributed by atoms with E-state index in [2.05, 4.69) is 10.2 Å². The number of hydrogen-bond acceptors (Lipinski definition) is 4. The number of methoxy groups -OCH3 is 1. The van der Waals surface area contributed by atoms with Crippen LogP contribution in [0.1, 0.15) is 46.4 Å². The average Bonchev–Trinajstić information content (AvgIpc) is 2.97. The van der Waals surface area contributed by atoms with Gasteiger partial charge < -0.3 is 20.1 Å². The van der Waals surface area contributed by atoms with Crippen molar-refractivity contribution in [3.05, 3.63) is 53.6 Å². The van der Waals surface area contributed by atoms with E-state index in [1.165, 1.54) is 20.0 Å². The molecule has 2 aromatic rings. The first-order valence-electron chi connectivity index (χ1n) is 9.17. The maximum Gasteiger partial charge on any atom is 0.337 e. The van der Waals surface area contributed by atoms with Crippen molar-refractivity contribution in [3.8, 4) is 5.75 Å². The first-order valence-corrected chi connectivity index (χ1v) is 9.17. The topological polar surface area (TPSA) is 78.9 Å². The molecule has 0 atom stereocenters. The van der Waals surface area contributed by atoms with Gasteiger partial charge in [0.05, 0.1) is 23.9 Å². The van der Waals surface area contributed by atoms with Crippen LogP contribution in [0, 0.1) is 0 Å². The Labute approximate surface area is 158 Å². The molecule has 142 valence electrons. The number of nitrogens with zero attached hydrogens (tertiary/aromatic N) is 1. The van der Waals surface area contributed by atoms with Gasteiger partial charge in [0.25, 0.3) is 5.91 Å². The number of amides is 1. The average molecular weight is 368 g/mol. The summed E-state index contributed by atoms with van der Waals surface area (Å²) in [5, 5.41) is 12.3. The van der Waals surface area contributed by atoms with E-state index in [0.717, 1.165) is 31.6 Å². The molecule has 0 aliphatic carbocycles. The summed E-state index contributed by atoms with van der Waals surface area (Å²) < 4.78 is 5.21. The number of carbonyl (C=O) groups excluding carboxylic acids is 1. The van der Waals surface area contributed by atoms with Gasteiger partial charge in [-0.1, -0.05) is 25.0 Å². The van der Waals surface area contributed by atoms with Gasteiger partial charge in [-0.25, -0.2) is 4.79 Å². The molecule has 0 spiro atoms. The standard InChI is InChI=1S/C21H24N2O4/c1-27-19-9-5-4-8-16(19)20(24)22-18-11-10-15(14-17(18)21(25)26)23-12-6-2-3-7-13-23/h4-5,8-11,14H,2-3,6-7,12-13H2,1H3,(H,22,24)(H,25,26). The molecule has 6 nitrogen and oxygen atoms in total. The summed E-state index contributed by atoms with van der Waals surface area (Å²) in [6.45, 7) is 1.85. The highest BCUT2D eigenvalue weighted by Crippen LogP contribution is 2.27. The number of hydrogen-bond donors (Lipinski definition) is 2. The smallest absolute Gasteiger partial charge is 0.337 e. The molecule has 0 bridgehead atoms. The Kier molecular flexibility index (Phi) is 5.96. The fourth-order valence-electron chi connectivity index (χ4n) is 3.37. The largest absolute Gasteiger partial charge is 0.496 e. The third-order valence-electron chi connectivity index (χ3n) is 4.80. The van der Waals surface area contributed by atoms with Crippen LogP contribution in [-0.2, 0) is 0 Å². The van der Waals surface area contributed by atoms with E-state index in [4.69, 9.17) is 4.74 Å². The number of para-hydroxylation sites is 1. The van der Waals surface area contributed by atoms with Crippen LogP contribution in [0.3, 0.4) is 0 Å². The molecule has 27 heavy (non-hydrogen) atoms. The van der Waals surface area contributed by atoms with Gasteiger partial charge in [-0.05, 0) is 43.2 Å². The zero-order valence-electron chi connectivity index (χ0n) is 15.4. The Morgan fingerprint density at radius 3 is 2.37 bits per heavy atom. The Hall–Kier alpha value is -3.02. The van der Waals surface area contributed by atoms with Crippen LogP contribution in [0.4, 0.5) is 11.4 Å². The Balaban J connectivity index is 1.86. The van der Waals surface area contributed by atoms with Crippen LogP contribution < -0.4 is 15.0 Å². The summed E-state index contributed by atoms with van der Waals surface area (Å²) in [7, 11) is 1.49. The number of nitrogens with one attached hydrogen (secondary N) is 1. The fraction of sp³-hybridized carbons (Fsp3) is 0.333. The number of aromatic carboxylic acids is 1. The minimum absolute atomic E-state index is 0.0833. The van der Waals surface area contributed by atoms with Gasteiger partial charge in [-0.2, -0.15) is 0 Å². The minimum atomic E-state index is -1.07. The molecule has 0 unspecified atom stereocenters. The van der Waals surface area contributed by atoms with E-state index >= 15 is 0 Å². The van der Waals surface area contributed by atoms with Crippen LogP contribution in [0.25, 0.3) is 0 Å². The maximum absolute atomic E-state index is 12.6. The van der Waals surface area contributed by atoms with Crippen molar-refractivity contribution in [2.75, 3.05) is 30.4 Å². The fourth-order valence-corrected chi connectivity index (χ4v) is 3.37. The Bertz CT molecular complexity index is 827. The van der Waals surface area contributed by atoms with Gasteiger partial charge >= 0.3 is 5.97 Å². The SMILES string of the molecule is COc1ccccc1C(=O)Nc1ccc(N2CCCCCC2)cc1C(=O)O. The van der Waals surface area contributed by atoms with Crippen molar-refractivity contribution in [2.24, 2.45) is 0 Å². The number of ether oxygens (including phenoxy) is 1. The zero-order chi connectivity index (χ0) is 19.2. The molecular formula is C21H24N2O4. The summed E-state index contributed by atoms with van der Waals surface area (Å²) in [6.07, 6.45) is 4.62. The molecule has 0 saturated carbocycles. The van der Waals surface area contributed by atoms with Gasteiger partial charge in [0.1, 0.15) is 5.75 Å². The molecule has 1 fully saturated rings. The van der Waals surface area contributed by atoms with Crippen LogP contribution in [-0.4, -0.2) is 37.2 Å². The number of anilines is 2. The van der Waals surface area contributed by atoms with Crippen molar-refractivity contribution < 1.29 is 19.4 Å². The van der Waals surface area contributed by atoms with Crippen LogP contribution in [0.15, 0.2) is 42.5 Å². The summed E-state index contributed by atoms with van der Waals surface area (Å²) in [5.74, 6) is -1.03. The second-order valence-electron chi connectivity index (χ2n) is 6.59. The highest BCUT2D eigenvalue weighted by molar-refractivity contribution is 6.09. The predicted molar refractivity (Wildman–Crippen MR) is 105 cm³/mol. The molecule has 3 rings (SSSR count). The van der Waals surface area contributed by atoms with Gasteiger partial charge in [0.15, 0.2) is 0 Å². The van der Waals surface area contributed by atoms with E-state index in [1.807, 2.05) is 6.07 Å². The molecule has 1 saturated heterocycles. The highest BCUT2D eigenvalue weighted by atomic mass is 16.5. The molecule has 0 radical (unpaired) electrons. The lowest BCUT2D eigenvalue weighted by Gasteiger charge is -2.23. The minimum Gasteiger partial charge on any atom is -0.496 e. The van der Waals surface area contributed by atoms with Crippen molar-refractivity contribution in [2.45, 2.75) is 25.7 Å². The molecule has 1 heterocycles. The predicted octanol–water partition coefficient (Wildman–Crippen LogP) is 4.03. The molecule has 0 aromatic heterocycles. The van der Waals surface area contributed by atoms with Gasteiger partial charge in [-0.15, -0.1) is 0 Å². The zero-order valence-corrected chi connectivity index (χ0v) is 15.4.